The molecule has 0 spiro atoms. The quantitative estimate of drug-likeness (QED) is 0.564. The molecule has 6 rings (SSSR count). The van der Waals surface area contributed by atoms with Crippen molar-refractivity contribution in [2.75, 3.05) is 26.7 Å². The lowest BCUT2D eigenvalue weighted by Crippen LogP contribution is -2.63. The highest BCUT2D eigenvalue weighted by Crippen LogP contribution is 2.70. The minimum absolute atomic E-state index is 0.0669. The fourth-order valence-corrected chi connectivity index (χ4v) is 10.0. The van der Waals surface area contributed by atoms with Crippen molar-refractivity contribution < 1.29 is 24.5 Å². The number of nitrogens with zero attached hydrogens (tertiary/aromatic N) is 2. The second-order valence-electron chi connectivity index (χ2n) is 13.5. The number of hydrogen-bond donors (Lipinski definition) is 2. The van der Waals surface area contributed by atoms with E-state index in [0.29, 0.717) is 43.9 Å². The van der Waals surface area contributed by atoms with Gasteiger partial charge in [-0.15, -0.1) is 0 Å². The fraction of sp³-hybridized carbons (Fsp3) is 0.862. The topological polar surface area (TPSA) is 90.3 Å². The van der Waals surface area contributed by atoms with Crippen LogP contribution in [0.1, 0.15) is 78.1 Å². The van der Waals surface area contributed by atoms with Crippen LogP contribution in [0.15, 0.2) is 11.6 Å². The van der Waals surface area contributed by atoms with E-state index in [2.05, 4.69) is 13.8 Å². The first-order valence-electron chi connectivity index (χ1n) is 14.4. The lowest BCUT2D eigenvalue weighted by molar-refractivity contribution is -0.206. The van der Waals surface area contributed by atoms with Crippen LogP contribution in [0, 0.1) is 34.5 Å². The van der Waals surface area contributed by atoms with Gasteiger partial charge in [-0.1, -0.05) is 13.8 Å². The number of hydrogen-bond acceptors (Lipinski definition) is 5. The van der Waals surface area contributed by atoms with E-state index < -0.39 is 5.60 Å². The van der Waals surface area contributed by atoms with Gasteiger partial charge < -0.3 is 24.7 Å². The van der Waals surface area contributed by atoms with Crippen molar-refractivity contribution in [1.82, 2.24) is 9.80 Å². The summed E-state index contributed by atoms with van der Waals surface area (Å²) in [6, 6.07) is 0.321. The summed E-state index contributed by atoms with van der Waals surface area (Å²) < 4.78 is 5.26. The van der Waals surface area contributed by atoms with Gasteiger partial charge in [-0.05, 0) is 98.9 Å². The van der Waals surface area contributed by atoms with Gasteiger partial charge in [-0.3, -0.25) is 0 Å². The van der Waals surface area contributed by atoms with Crippen molar-refractivity contribution in [1.29, 1.82) is 0 Å². The van der Waals surface area contributed by atoms with E-state index >= 15 is 0 Å². The molecule has 0 aromatic heterocycles. The summed E-state index contributed by atoms with van der Waals surface area (Å²) in [7, 11) is 1.95. The zero-order valence-corrected chi connectivity index (χ0v) is 22.2. The molecule has 0 aromatic rings. The van der Waals surface area contributed by atoms with Gasteiger partial charge in [0.1, 0.15) is 6.61 Å². The normalized spacial score (nSPS) is 48.1. The first-order chi connectivity index (χ1) is 17.1. The van der Waals surface area contributed by atoms with Crippen LogP contribution < -0.4 is 0 Å². The Labute approximate surface area is 215 Å². The molecular formula is C29H44N2O5. The zero-order valence-electron chi connectivity index (χ0n) is 22.2. The molecular weight excluding hydrogens is 456 g/mol. The van der Waals surface area contributed by atoms with Gasteiger partial charge in [0, 0.05) is 37.7 Å². The van der Waals surface area contributed by atoms with Crippen molar-refractivity contribution in [3.05, 3.63) is 11.6 Å². The van der Waals surface area contributed by atoms with E-state index in [9.17, 15) is 19.8 Å². The Morgan fingerprint density at radius 1 is 1.08 bits per heavy atom. The van der Waals surface area contributed by atoms with Gasteiger partial charge >= 0.3 is 12.0 Å². The fourth-order valence-electron chi connectivity index (χ4n) is 10.0. The van der Waals surface area contributed by atoms with Crippen molar-refractivity contribution in [2.45, 2.75) is 95.8 Å². The highest BCUT2D eigenvalue weighted by atomic mass is 16.5. The summed E-state index contributed by atoms with van der Waals surface area (Å²) >= 11 is 0. The highest BCUT2D eigenvalue weighted by Gasteiger charge is 2.67. The Bertz CT molecular complexity index is 967. The second-order valence-corrected chi connectivity index (χ2v) is 13.5. The Morgan fingerprint density at radius 2 is 1.89 bits per heavy atom. The number of fused-ring (bicyclic) bond motifs is 5. The third-order valence-electron chi connectivity index (χ3n) is 12.2. The number of rotatable bonds is 2. The molecule has 0 aromatic carbocycles. The van der Waals surface area contributed by atoms with Crippen LogP contribution in [0.5, 0.6) is 0 Å². The molecule has 7 nitrogen and oxygen atoms in total. The molecule has 1 saturated heterocycles. The number of ether oxygens (including phenoxy) is 1. The van der Waals surface area contributed by atoms with Crippen LogP contribution >= 0.6 is 0 Å². The van der Waals surface area contributed by atoms with Crippen LogP contribution in [0.3, 0.4) is 0 Å². The Hall–Kier alpha value is -1.60. The summed E-state index contributed by atoms with van der Waals surface area (Å²) in [6.45, 7) is 6.26. The molecule has 36 heavy (non-hydrogen) atoms. The summed E-state index contributed by atoms with van der Waals surface area (Å²) in [5.74, 6) is 1.40. The number of aliphatic hydroxyl groups is 2. The maximum absolute atomic E-state index is 13.1. The Balaban J connectivity index is 1.18. The van der Waals surface area contributed by atoms with Gasteiger partial charge in [0.05, 0.1) is 11.7 Å². The molecule has 5 fully saturated rings. The van der Waals surface area contributed by atoms with Crippen LogP contribution in [-0.4, -0.2) is 76.5 Å². The standard InChI is InChI=1S/C29H44N2O5/c1-27-10-6-20(30(3)26(34)31-13-9-21(32)16-31)15-19(27)4-5-24-23(27)7-11-28(2)22(8-12-29(24,28)35)18-14-25(33)36-17-18/h14,19-24,32,35H,4-13,15-17H2,1-3H3/t19-,20+,21?,22-,23+,24-,27+,28-,29+/m1/s1. The van der Waals surface area contributed by atoms with Crippen molar-refractivity contribution >= 4 is 12.0 Å². The number of carbonyl (C=O) groups is 2. The summed E-state index contributed by atoms with van der Waals surface area (Å²) in [5.41, 5.74) is 0.423. The van der Waals surface area contributed by atoms with Gasteiger partial charge in [-0.2, -0.15) is 0 Å². The van der Waals surface area contributed by atoms with E-state index in [1.54, 1.807) is 6.08 Å². The van der Waals surface area contributed by atoms with Gasteiger partial charge in [0.15, 0.2) is 0 Å². The Kier molecular flexibility index (Phi) is 5.81. The monoisotopic (exact) mass is 500 g/mol. The number of aliphatic hydroxyl groups excluding tert-OH is 1. The molecule has 7 heteroatoms. The summed E-state index contributed by atoms with van der Waals surface area (Å²) in [5, 5.41) is 22.3. The van der Waals surface area contributed by atoms with E-state index in [0.717, 1.165) is 63.4 Å². The van der Waals surface area contributed by atoms with Crippen LogP contribution in [0.2, 0.25) is 0 Å². The number of urea groups is 1. The molecule has 0 bridgehead atoms. The minimum atomic E-state index is -0.679. The SMILES string of the molecule is CN(C(=O)N1CCC(O)C1)[C@H]1CC[C@@]2(C)[C@H](CC[C@@H]3[C@@H]2CC[C@]2(C)[C@@H](C4=CC(=O)OC4)CC[C@]32O)C1. The van der Waals surface area contributed by atoms with Gasteiger partial charge in [-0.25, -0.2) is 9.59 Å². The summed E-state index contributed by atoms with van der Waals surface area (Å²) in [6.07, 6.45) is 11.2. The molecule has 2 aliphatic heterocycles. The number of carbonyl (C=O) groups excluding carboxylic acids is 2. The van der Waals surface area contributed by atoms with E-state index in [4.69, 9.17) is 4.74 Å². The number of likely N-dealkylation sites (tertiary alicyclic amines) is 1. The molecule has 2 N–H and O–H groups in total. The average Bonchev–Trinajstić information content (AvgIpc) is 3.54. The molecule has 200 valence electrons. The predicted octanol–water partition coefficient (Wildman–Crippen LogP) is 3.73. The predicted molar refractivity (Wildman–Crippen MR) is 135 cm³/mol. The largest absolute Gasteiger partial charge is 0.458 e. The third-order valence-corrected chi connectivity index (χ3v) is 12.2. The zero-order chi connectivity index (χ0) is 25.5. The third kappa shape index (κ3) is 3.44. The number of β-amino-alcohol motifs (C(OH)–C–C–N with tert-alkyl or cyclic N) is 1. The Morgan fingerprint density at radius 3 is 2.58 bits per heavy atom. The second kappa shape index (κ2) is 8.45. The molecule has 0 radical (unpaired) electrons. The molecule has 4 saturated carbocycles. The molecule has 9 atom stereocenters. The van der Waals surface area contributed by atoms with Crippen molar-refractivity contribution in [3.8, 4) is 0 Å². The number of esters is 1. The van der Waals surface area contributed by atoms with Crippen LogP contribution in [0.4, 0.5) is 4.79 Å². The maximum atomic E-state index is 13.1. The minimum Gasteiger partial charge on any atom is -0.458 e. The maximum Gasteiger partial charge on any atom is 0.331 e. The van der Waals surface area contributed by atoms with Crippen molar-refractivity contribution in [2.24, 2.45) is 34.5 Å². The van der Waals surface area contributed by atoms with Crippen LogP contribution in [-0.2, 0) is 9.53 Å². The lowest BCUT2D eigenvalue weighted by atomic mass is 9.43. The number of amides is 2. The molecule has 6 aliphatic rings. The summed E-state index contributed by atoms with van der Waals surface area (Å²) in [4.78, 5) is 28.6. The van der Waals surface area contributed by atoms with Crippen LogP contribution in [0.25, 0.3) is 0 Å². The van der Waals surface area contributed by atoms with Gasteiger partial charge in [0.25, 0.3) is 0 Å². The molecule has 4 aliphatic carbocycles. The highest BCUT2D eigenvalue weighted by molar-refractivity contribution is 5.85. The van der Waals surface area contributed by atoms with E-state index in [-0.39, 0.29) is 40.9 Å². The van der Waals surface area contributed by atoms with E-state index in [1.165, 1.54) is 0 Å². The molecule has 1 unspecified atom stereocenters. The van der Waals surface area contributed by atoms with Crippen molar-refractivity contribution in [3.63, 3.8) is 0 Å². The first-order valence-corrected chi connectivity index (χ1v) is 14.4. The molecule has 2 heterocycles. The smallest absolute Gasteiger partial charge is 0.331 e. The average molecular weight is 501 g/mol. The first kappa shape index (κ1) is 24.7. The number of cyclic esters (lactones) is 1. The molecule has 2 amide bonds. The lowest BCUT2D eigenvalue weighted by Gasteiger charge is -2.64. The van der Waals surface area contributed by atoms with E-state index in [1.807, 2.05) is 16.8 Å². The van der Waals surface area contributed by atoms with Gasteiger partial charge in [0.2, 0.25) is 0 Å².